The van der Waals surface area contributed by atoms with Crippen LogP contribution in [0.1, 0.15) is 12.8 Å². The molecule has 8 heteroatoms. The van der Waals surface area contributed by atoms with Crippen LogP contribution in [0.3, 0.4) is 0 Å². The molecule has 21 heavy (non-hydrogen) atoms. The van der Waals surface area contributed by atoms with Gasteiger partial charge in [-0.1, -0.05) is 0 Å². The molecule has 2 rings (SSSR count). The third-order valence-corrected chi connectivity index (χ3v) is 5.00. The largest absolute Gasteiger partial charge is 0.480 e. The molecular formula is C13H22N2O5S. The van der Waals surface area contributed by atoms with Crippen LogP contribution in [0, 0.1) is 5.92 Å². The van der Waals surface area contributed by atoms with Crippen molar-refractivity contribution in [2.24, 2.45) is 5.92 Å². The highest BCUT2D eigenvalue weighted by Gasteiger charge is 2.47. The zero-order chi connectivity index (χ0) is 15.2. The van der Waals surface area contributed by atoms with E-state index in [1.54, 1.807) is 18.9 Å². The fraction of sp³-hybridized carbons (Fsp3) is 0.846. The Balaban J connectivity index is 1.78. The number of urea groups is 1. The first kappa shape index (κ1) is 16.4. The van der Waals surface area contributed by atoms with Crippen LogP contribution in [0.4, 0.5) is 4.79 Å². The maximum Gasteiger partial charge on any atom is 0.327 e. The summed E-state index contributed by atoms with van der Waals surface area (Å²) >= 11 is 1.57. The summed E-state index contributed by atoms with van der Waals surface area (Å²) in [5.41, 5.74) is 0. The number of nitrogens with zero attached hydrogens (tertiary/aromatic N) is 1. The number of ether oxygens (including phenoxy) is 2. The van der Waals surface area contributed by atoms with Gasteiger partial charge in [-0.25, -0.2) is 9.59 Å². The van der Waals surface area contributed by atoms with Crippen LogP contribution >= 0.6 is 11.8 Å². The third kappa shape index (κ3) is 4.49. The molecule has 0 aromatic rings. The van der Waals surface area contributed by atoms with E-state index in [4.69, 9.17) is 9.47 Å². The summed E-state index contributed by atoms with van der Waals surface area (Å²) in [7, 11) is 1.60. The lowest BCUT2D eigenvalue weighted by molar-refractivity contribution is -0.141. The fourth-order valence-electron chi connectivity index (χ4n) is 2.29. The summed E-state index contributed by atoms with van der Waals surface area (Å²) in [5, 5.41) is 12.0. The van der Waals surface area contributed by atoms with Gasteiger partial charge in [0.2, 0.25) is 0 Å². The van der Waals surface area contributed by atoms with Crippen LogP contribution in [-0.2, 0) is 14.3 Å². The van der Waals surface area contributed by atoms with Gasteiger partial charge in [-0.2, -0.15) is 0 Å². The molecule has 0 aromatic carbocycles. The van der Waals surface area contributed by atoms with Gasteiger partial charge in [0.25, 0.3) is 0 Å². The van der Waals surface area contributed by atoms with E-state index in [-0.39, 0.29) is 11.4 Å². The number of hydrogen-bond donors (Lipinski definition) is 2. The molecule has 2 N–H and O–H groups in total. The van der Waals surface area contributed by atoms with Crippen LogP contribution in [0.2, 0.25) is 0 Å². The van der Waals surface area contributed by atoms with E-state index in [2.05, 4.69) is 5.32 Å². The quantitative estimate of drug-likeness (QED) is 0.637. The number of amides is 2. The number of methoxy groups -OCH3 is 1. The Morgan fingerprint density at radius 2 is 2.10 bits per heavy atom. The van der Waals surface area contributed by atoms with Gasteiger partial charge < -0.3 is 19.9 Å². The lowest BCUT2D eigenvalue weighted by Gasteiger charge is -2.27. The zero-order valence-corrected chi connectivity index (χ0v) is 12.9. The van der Waals surface area contributed by atoms with Crippen molar-refractivity contribution < 1.29 is 24.2 Å². The molecular weight excluding hydrogens is 296 g/mol. The number of aliphatic carboxylic acids is 1. The SMILES string of the molecule is COCCOCCNC(=O)N1C(C(=O)O)CSC1C1CC1. The number of carboxylic acid groups (broad SMARTS) is 1. The average Bonchev–Trinajstić information content (AvgIpc) is 3.20. The minimum Gasteiger partial charge on any atom is -0.480 e. The Morgan fingerprint density at radius 3 is 2.71 bits per heavy atom. The molecule has 7 nitrogen and oxygen atoms in total. The second-order valence-corrected chi connectivity index (χ2v) is 6.31. The molecule has 1 aliphatic heterocycles. The van der Waals surface area contributed by atoms with Gasteiger partial charge in [-0.05, 0) is 18.8 Å². The van der Waals surface area contributed by atoms with Crippen molar-refractivity contribution in [1.29, 1.82) is 0 Å². The molecule has 2 fully saturated rings. The first-order chi connectivity index (χ1) is 10.1. The standard InChI is InChI=1S/C13H22N2O5S/c1-19-6-7-20-5-4-14-13(18)15-10(12(16)17)8-21-11(15)9-2-3-9/h9-11H,2-8H2,1H3,(H,14,18)(H,16,17). The maximum atomic E-state index is 12.2. The van der Waals surface area contributed by atoms with Crippen LogP contribution in [0.5, 0.6) is 0 Å². The molecule has 1 saturated carbocycles. The molecule has 120 valence electrons. The highest BCUT2D eigenvalue weighted by molar-refractivity contribution is 8.00. The third-order valence-electron chi connectivity index (χ3n) is 3.53. The first-order valence-corrected chi connectivity index (χ1v) is 8.17. The number of nitrogens with one attached hydrogen (secondary N) is 1. The summed E-state index contributed by atoms with van der Waals surface area (Å²) in [6.45, 7) is 1.76. The number of hydrogen-bond acceptors (Lipinski definition) is 5. The molecule has 0 radical (unpaired) electrons. The monoisotopic (exact) mass is 318 g/mol. The molecule has 0 aromatic heterocycles. The minimum absolute atomic E-state index is 0.000472. The number of thioether (sulfide) groups is 1. The highest BCUT2D eigenvalue weighted by atomic mass is 32.2. The summed E-state index contributed by atoms with van der Waals surface area (Å²) in [6.07, 6.45) is 2.15. The summed E-state index contributed by atoms with van der Waals surface area (Å²) in [6, 6.07) is -1.03. The lowest BCUT2D eigenvalue weighted by atomic mass is 10.2. The normalized spacial score (nSPS) is 25.1. The molecule has 2 aliphatic rings. The van der Waals surface area contributed by atoms with E-state index >= 15 is 0 Å². The van der Waals surface area contributed by atoms with E-state index in [0.717, 1.165) is 12.8 Å². The maximum absolute atomic E-state index is 12.2. The molecule has 0 spiro atoms. The lowest BCUT2D eigenvalue weighted by Crippen LogP contribution is -2.51. The van der Waals surface area contributed by atoms with E-state index < -0.39 is 12.0 Å². The number of rotatable bonds is 8. The van der Waals surface area contributed by atoms with E-state index in [1.807, 2.05) is 0 Å². The van der Waals surface area contributed by atoms with Gasteiger partial charge in [-0.15, -0.1) is 11.8 Å². The Labute approximate surface area is 128 Å². The minimum atomic E-state index is -0.933. The zero-order valence-electron chi connectivity index (χ0n) is 12.1. The summed E-state index contributed by atoms with van der Waals surface area (Å²) < 4.78 is 10.1. The van der Waals surface area contributed by atoms with Crippen molar-refractivity contribution in [1.82, 2.24) is 10.2 Å². The van der Waals surface area contributed by atoms with E-state index in [0.29, 0.717) is 38.0 Å². The predicted octanol–water partition coefficient (Wildman–Crippen LogP) is 0.597. The van der Waals surface area contributed by atoms with Crippen LogP contribution in [0.25, 0.3) is 0 Å². The van der Waals surface area contributed by atoms with Crippen molar-refractivity contribution in [3.8, 4) is 0 Å². The number of carbonyl (C=O) groups is 2. The van der Waals surface area contributed by atoms with Crippen molar-refractivity contribution in [3.63, 3.8) is 0 Å². The second-order valence-electron chi connectivity index (χ2n) is 5.16. The van der Waals surface area contributed by atoms with Crippen molar-refractivity contribution in [2.45, 2.75) is 24.3 Å². The van der Waals surface area contributed by atoms with Crippen LogP contribution in [0.15, 0.2) is 0 Å². The Bertz CT molecular complexity index is 378. The summed E-state index contributed by atoms with van der Waals surface area (Å²) in [5.74, 6) is -0.0194. The van der Waals surface area contributed by atoms with E-state index in [1.165, 1.54) is 4.90 Å². The van der Waals surface area contributed by atoms with Crippen LogP contribution in [-0.4, -0.2) is 72.7 Å². The van der Waals surface area contributed by atoms with Gasteiger partial charge in [0.1, 0.15) is 6.04 Å². The average molecular weight is 318 g/mol. The molecule has 2 unspecified atom stereocenters. The van der Waals surface area contributed by atoms with Gasteiger partial charge in [-0.3, -0.25) is 4.90 Å². The first-order valence-electron chi connectivity index (χ1n) is 7.12. The van der Waals surface area contributed by atoms with Crippen LogP contribution < -0.4 is 5.32 Å². The fourth-order valence-corrected chi connectivity index (χ4v) is 3.92. The highest BCUT2D eigenvalue weighted by Crippen LogP contribution is 2.45. The molecule has 1 aliphatic carbocycles. The van der Waals surface area contributed by atoms with E-state index in [9.17, 15) is 14.7 Å². The molecule has 2 amide bonds. The summed E-state index contributed by atoms with van der Waals surface area (Å²) in [4.78, 5) is 25.0. The number of carboxylic acids is 1. The predicted molar refractivity (Wildman–Crippen MR) is 78.3 cm³/mol. The molecule has 2 atom stereocenters. The topological polar surface area (TPSA) is 88.1 Å². The molecule has 1 heterocycles. The van der Waals surface area contributed by atoms with Gasteiger partial charge in [0.05, 0.1) is 25.2 Å². The van der Waals surface area contributed by atoms with Crippen molar-refractivity contribution in [2.75, 3.05) is 39.2 Å². The molecule has 0 bridgehead atoms. The van der Waals surface area contributed by atoms with Gasteiger partial charge in [0, 0.05) is 19.4 Å². The Morgan fingerprint density at radius 1 is 1.33 bits per heavy atom. The molecule has 1 saturated heterocycles. The second kappa shape index (κ2) is 7.86. The van der Waals surface area contributed by atoms with Gasteiger partial charge in [0.15, 0.2) is 0 Å². The Hall–Kier alpha value is -0.990. The van der Waals surface area contributed by atoms with Crippen molar-refractivity contribution >= 4 is 23.8 Å². The number of carbonyl (C=O) groups excluding carboxylic acids is 1. The van der Waals surface area contributed by atoms with Gasteiger partial charge >= 0.3 is 12.0 Å². The Kier molecular flexibility index (Phi) is 6.13. The van der Waals surface area contributed by atoms with Crippen molar-refractivity contribution in [3.05, 3.63) is 0 Å². The smallest absolute Gasteiger partial charge is 0.327 e.